The van der Waals surface area contributed by atoms with Crippen molar-refractivity contribution in [1.82, 2.24) is 0 Å². The molecule has 0 bridgehead atoms. The zero-order chi connectivity index (χ0) is 11.3. The zero-order valence-corrected chi connectivity index (χ0v) is 8.64. The quantitative estimate of drug-likeness (QED) is 0.804. The van der Waals surface area contributed by atoms with Gasteiger partial charge >= 0.3 is 5.97 Å². The van der Waals surface area contributed by atoms with E-state index in [4.69, 9.17) is 9.84 Å². The molecule has 0 spiro atoms. The minimum Gasteiger partial charge on any atom is -0.479 e. The average molecular weight is 206 g/mol. The van der Waals surface area contributed by atoms with Gasteiger partial charge in [0.2, 0.25) is 0 Å². The fourth-order valence-electron chi connectivity index (χ4n) is 1.04. The molecule has 0 aliphatic rings. The second-order valence-electron chi connectivity index (χ2n) is 3.24. The Morgan fingerprint density at radius 3 is 2.60 bits per heavy atom. The molecule has 1 aromatic rings. The Kier molecular flexibility index (Phi) is 4.06. The van der Waals surface area contributed by atoms with Crippen LogP contribution < -0.4 is 0 Å². The lowest BCUT2D eigenvalue weighted by Crippen LogP contribution is -2.19. The summed E-state index contributed by atoms with van der Waals surface area (Å²) in [4.78, 5) is 10.5. The van der Waals surface area contributed by atoms with Crippen molar-refractivity contribution in [2.75, 3.05) is 0 Å². The van der Waals surface area contributed by atoms with E-state index in [2.05, 4.69) is 6.58 Å². The van der Waals surface area contributed by atoms with Gasteiger partial charge in [-0.15, -0.1) is 0 Å². The highest BCUT2D eigenvalue weighted by Crippen LogP contribution is 2.07. The maximum absolute atomic E-state index is 10.5. The fraction of sp³-hybridized carbons (Fsp3) is 0.250. The molecule has 0 heterocycles. The third-order valence-corrected chi connectivity index (χ3v) is 2.06. The summed E-state index contributed by atoms with van der Waals surface area (Å²) in [6, 6.07) is 7.62. The van der Waals surface area contributed by atoms with Gasteiger partial charge in [0, 0.05) is 0 Å². The van der Waals surface area contributed by atoms with E-state index in [-0.39, 0.29) is 0 Å². The lowest BCUT2D eigenvalue weighted by atomic mass is 10.1. The van der Waals surface area contributed by atoms with Crippen LogP contribution in [0.1, 0.15) is 18.1 Å². The summed E-state index contributed by atoms with van der Waals surface area (Å²) in [5, 5.41) is 8.60. The number of aliphatic carboxylic acids is 1. The summed E-state index contributed by atoms with van der Waals surface area (Å²) in [6.07, 6.45) is 0.980. The Morgan fingerprint density at radius 1 is 1.53 bits per heavy atom. The molecule has 15 heavy (non-hydrogen) atoms. The van der Waals surface area contributed by atoms with Crippen molar-refractivity contribution in [2.45, 2.75) is 19.6 Å². The first kappa shape index (κ1) is 11.5. The SMILES string of the molecule is C=Cc1ccc(COC(C)C(=O)O)cc1. The number of ether oxygens (including phenoxy) is 1. The van der Waals surface area contributed by atoms with Crippen molar-refractivity contribution in [3.05, 3.63) is 42.0 Å². The predicted molar refractivity (Wildman–Crippen MR) is 58.4 cm³/mol. The maximum Gasteiger partial charge on any atom is 0.332 e. The molecule has 0 saturated carbocycles. The van der Waals surface area contributed by atoms with Crippen LogP contribution in [-0.4, -0.2) is 17.2 Å². The van der Waals surface area contributed by atoms with Gasteiger partial charge in [-0.05, 0) is 18.1 Å². The minimum atomic E-state index is -0.947. The second kappa shape index (κ2) is 5.32. The summed E-state index contributed by atoms with van der Waals surface area (Å²) < 4.78 is 5.14. The predicted octanol–water partition coefficient (Wildman–Crippen LogP) is 2.32. The first-order chi connectivity index (χ1) is 7.13. The number of hydrogen-bond donors (Lipinski definition) is 1. The second-order valence-corrected chi connectivity index (χ2v) is 3.24. The van der Waals surface area contributed by atoms with Gasteiger partial charge in [0.1, 0.15) is 0 Å². The van der Waals surface area contributed by atoms with Crippen LogP contribution in [0.4, 0.5) is 0 Å². The summed E-state index contributed by atoms with van der Waals surface area (Å²) in [5.41, 5.74) is 1.98. The number of carbonyl (C=O) groups is 1. The molecular formula is C12H14O3. The van der Waals surface area contributed by atoms with Crippen LogP contribution >= 0.6 is 0 Å². The molecule has 0 aromatic heterocycles. The monoisotopic (exact) mass is 206 g/mol. The molecule has 0 amide bonds. The zero-order valence-electron chi connectivity index (χ0n) is 8.64. The lowest BCUT2D eigenvalue weighted by molar-refractivity contribution is -0.149. The van der Waals surface area contributed by atoms with Gasteiger partial charge in [0.15, 0.2) is 6.10 Å². The van der Waals surface area contributed by atoms with E-state index in [0.717, 1.165) is 11.1 Å². The van der Waals surface area contributed by atoms with Crippen LogP contribution in [0.2, 0.25) is 0 Å². The molecule has 0 saturated heterocycles. The number of carboxylic acids is 1. The largest absolute Gasteiger partial charge is 0.479 e. The smallest absolute Gasteiger partial charge is 0.332 e. The molecule has 0 aliphatic heterocycles. The molecular weight excluding hydrogens is 192 g/mol. The minimum absolute atomic E-state index is 0.310. The van der Waals surface area contributed by atoms with E-state index < -0.39 is 12.1 Å². The molecule has 1 N–H and O–H groups in total. The molecule has 0 aliphatic carbocycles. The Balaban J connectivity index is 2.51. The van der Waals surface area contributed by atoms with Gasteiger partial charge in [0.25, 0.3) is 0 Å². The number of hydrogen-bond acceptors (Lipinski definition) is 2. The highest BCUT2D eigenvalue weighted by Gasteiger charge is 2.10. The van der Waals surface area contributed by atoms with Crippen molar-refractivity contribution in [1.29, 1.82) is 0 Å². The fourth-order valence-corrected chi connectivity index (χ4v) is 1.04. The molecule has 1 atom stereocenters. The molecule has 1 rings (SSSR count). The summed E-state index contributed by atoms with van der Waals surface area (Å²) in [5.74, 6) is -0.947. The molecule has 1 aromatic carbocycles. The Hall–Kier alpha value is -1.61. The van der Waals surface area contributed by atoms with E-state index >= 15 is 0 Å². The number of rotatable bonds is 5. The third kappa shape index (κ3) is 3.56. The Morgan fingerprint density at radius 2 is 2.13 bits per heavy atom. The van der Waals surface area contributed by atoms with E-state index in [1.165, 1.54) is 6.92 Å². The normalized spacial score (nSPS) is 12.1. The summed E-state index contributed by atoms with van der Waals surface area (Å²) >= 11 is 0. The van der Waals surface area contributed by atoms with Crippen molar-refractivity contribution in [3.63, 3.8) is 0 Å². The summed E-state index contributed by atoms with van der Waals surface area (Å²) in [6.45, 7) is 5.47. The van der Waals surface area contributed by atoms with E-state index in [0.29, 0.717) is 6.61 Å². The van der Waals surface area contributed by atoms with Crippen molar-refractivity contribution in [2.24, 2.45) is 0 Å². The van der Waals surface area contributed by atoms with Crippen LogP contribution in [-0.2, 0) is 16.1 Å². The van der Waals surface area contributed by atoms with Gasteiger partial charge in [0.05, 0.1) is 6.61 Å². The standard InChI is InChI=1S/C12H14O3/c1-3-10-4-6-11(7-5-10)8-15-9(2)12(13)14/h3-7,9H,1,8H2,2H3,(H,13,14). The van der Waals surface area contributed by atoms with Gasteiger partial charge in [-0.2, -0.15) is 0 Å². The average Bonchev–Trinajstić information content (AvgIpc) is 2.26. The van der Waals surface area contributed by atoms with Gasteiger partial charge < -0.3 is 9.84 Å². The van der Waals surface area contributed by atoms with Crippen molar-refractivity contribution in [3.8, 4) is 0 Å². The van der Waals surface area contributed by atoms with Crippen LogP contribution in [0.5, 0.6) is 0 Å². The molecule has 80 valence electrons. The van der Waals surface area contributed by atoms with E-state index in [1.807, 2.05) is 24.3 Å². The van der Waals surface area contributed by atoms with E-state index in [1.54, 1.807) is 6.08 Å². The molecule has 0 fully saturated rings. The topological polar surface area (TPSA) is 46.5 Å². The summed E-state index contributed by atoms with van der Waals surface area (Å²) in [7, 11) is 0. The number of carboxylic acid groups (broad SMARTS) is 1. The number of benzene rings is 1. The maximum atomic E-state index is 10.5. The first-order valence-corrected chi connectivity index (χ1v) is 4.69. The van der Waals surface area contributed by atoms with Gasteiger partial charge in [-0.25, -0.2) is 4.79 Å². The lowest BCUT2D eigenvalue weighted by Gasteiger charge is -2.08. The third-order valence-electron chi connectivity index (χ3n) is 2.06. The Bertz CT molecular complexity index is 340. The van der Waals surface area contributed by atoms with Crippen LogP contribution in [0, 0.1) is 0 Å². The molecule has 1 unspecified atom stereocenters. The van der Waals surface area contributed by atoms with Crippen molar-refractivity contribution < 1.29 is 14.6 Å². The van der Waals surface area contributed by atoms with Crippen molar-refractivity contribution >= 4 is 12.0 Å². The molecule has 0 radical (unpaired) electrons. The van der Waals surface area contributed by atoms with E-state index in [9.17, 15) is 4.79 Å². The molecule has 3 nitrogen and oxygen atoms in total. The first-order valence-electron chi connectivity index (χ1n) is 4.69. The Labute approximate surface area is 89.0 Å². The van der Waals surface area contributed by atoms with Gasteiger partial charge in [-0.1, -0.05) is 36.9 Å². The molecule has 3 heteroatoms. The highest BCUT2D eigenvalue weighted by molar-refractivity contribution is 5.71. The van der Waals surface area contributed by atoms with Gasteiger partial charge in [-0.3, -0.25) is 0 Å². The van der Waals surface area contributed by atoms with Crippen LogP contribution in [0.15, 0.2) is 30.8 Å². The van der Waals surface area contributed by atoms with Crippen LogP contribution in [0.25, 0.3) is 6.08 Å². The van der Waals surface area contributed by atoms with Crippen LogP contribution in [0.3, 0.4) is 0 Å². The highest BCUT2D eigenvalue weighted by atomic mass is 16.5.